The van der Waals surface area contributed by atoms with Crippen molar-refractivity contribution in [2.75, 3.05) is 7.11 Å². The van der Waals surface area contributed by atoms with Crippen LogP contribution in [0.2, 0.25) is 0 Å². The summed E-state index contributed by atoms with van der Waals surface area (Å²) in [6.07, 6.45) is 4.56. The van der Waals surface area contributed by atoms with Crippen LogP contribution in [-0.2, 0) is 14.3 Å². The summed E-state index contributed by atoms with van der Waals surface area (Å²) in [5.74, 6) is -0.586. The van der Waals surface area contributed by atoms with Gasteiger partial charge >= 0.3 is 5.97 Å². The minimum absolute atomic E-state index is 0.152. The first-order valence-electron chi connectivity index (χ1n) is 3.90. The molecule has 1 atom stereocenters. The van der Waals surface area contributed by atoms with Gasteiger partial charge in [-0.3, -0.25) is 9.59 Å². The average Bonchev–Trinajstić information content (AvgIpc) is 2.09. The molecule has 0 aliphatic heterocycles. The van der Waals surface area contributed by atoms with Crippen molar-refractivity contribution >= 4 is 11.8 Å². The second kappa shape index (κ2) is 3.09. The third-order valence-electron chi connectivity index (χ3n) is 2.26. The average molecular weight is 168 g/mol. The van der Waals surface area contributed by atoms with Crippen LogP contribution >= 0.6 is 0 Å². The molecule has 3 heteroatoms. The summed E-state index contributed by atoms with van der Waals surface area (Å²) in [4.78, 5) is 22.6. The van der Waals surface area contributed by atoms with Gasteiger partial charge in [-0.25, -0.2) is 0 Å². The molecule has 1 aliphatic rings. The van der Waals surface area contributed by atoms with Gasteiger partial charge in [0.05, 0.1) is 7.11 Å². The Morgan fingerprint density at radius 3 is 2.83 bits per heavy atom. The molecule has 0 heterocycles. The molecule has 66 valence electrons. The Labute approximate surface area is 71.4 Å². The van der Waals surface area contributed by atoms with E-state index in [9.17, 15) is 9.59 Å². The predicted molar refractivity (Wildman–Crippen MR) is 43.5 cm³/mol. The fourth-order valence-electron chi connectivity index (χ4n) is 1.30. The summed E-state index contributed by atoms with van der Waals surface area (Å²) in [5.41, 5.74) is -0.941. The topological polar surface area (TPSA) is 43.4 Å². The molecule has 0 aromatic rings. The third kappa shape index (κ3) is 1.26. The van der Waals surface area contributed by atoms with Gasteiger partial charge < -0.3 is 4.74 Å². The van der Waals surface area contributed by atoms with E-state index in [1.807, 2.05) is 0 Å². The highest BCUT2D eigenvalue weighted by atomic mass is 16.5. The molecule has 1 aliphatic carbocycles. The molecular formula is C9H12O3. The van der Waals surface area contributed by atoms with Gasteiger partial charge in [0.15, 0.2) is 5.78 Å². The van der Waals surface area contributed by atoms with Crippen molar-refractivity contribution in [3.05, 3.63) is 12.2 Å². The number of carbonyl (C=O) groups excluding carboxylic acids is 2. The zero-order valence-electron chi connectivity index (χ0n) is 7.29. The first-order chi connectivity index (χ1) is 5.61. The number of rotatable bonds is 1. The van der Waals surface area contributed by atoms with Gasteiger partial charge in [-0.1, -0.05) is 6.08 Å². The maximum absolute atomic E-state index is 11.3. The molecule has 0 radical (unpaired) electrons. The summed E-state index contributed by atoms with van der Waals surface area (Å²) in [7, 11) is 1.30. The second-order valence-electron chi connectivity index (χ2n) is 3.13. The Balaban J connectivity index is 2.90. The molecule has 0 aromatic heterocycles. The van der Waals surface area contributed by atoms with Crippen LogP contribution in [-0.4, -0.2) is 18.9 Å². The molecule has 0 amide bonds. The zero-order valence-corrected chi connectivity index (χ0v) is 7.29. The SMILES string of the molecule is COC(=O)[C@]1(C)CCC=CC1=O. The van der Waals surface area contributed by atoms with Gasteiger partial charge in [0.1, 0.15) is 5.41 Å². The van der Waals surface area contributed by atoms with Crippen LogP contribution in [0.25, 0.3) is 0 Å². The van der Waals surface area contributed by atoms with Crippen LogP contribution in [0.1, 0.15) is 19.8 Å². The molecule has 0 N–H and O–H groups in total. The lowest BCUT2D eigenvalue weighted by molar-refractivity contribution is -0.156. The minimum atomic E-state index is -0.941. The van der Waals surface area contributed by atoms with E-state index in [1.165, 1.54) is 13.2 Å². The quantitative estimate of drug-likeness (QED) is 0.434. The van der Waals surface area contributed by atoms with Gasteiger partial charge in [0.2, 0.25) is 0 Å². The molecule has 0 bridgehead atoms. The number of ketones is 1. The Morgan fingerprint density at radius 2 is 2.33 bits per heavy atom. The predicted octanol–water partition coefficient (Wildman–Crippen LogP) is 1.08. The monoisotopic (exact) mass is 168 g/mol. The van der Waals surface area contributed by atoms with E-state index in [1.54, 1.807) is 13.0 Å². The minimum Gasteiger partial charge on any atom is -0.468 e. The van der Waals surface area contributed by atoms with E-state index in [2.05, 4.69) is 4.74 Å². The van der Waals surface area contributed by atoms with E-state index in [0.717, 1.165) is 6.42 Å². The Kier molecular flexibility index (Phi) is 2.31. The van der Waals surface area contributed by atoms with Crippen molar-refractivity contribution in [1.82, 2.24) is 0 Å². The standard InChI is InChI=1S/C9H12O3/c1-9(8(11)12-2)6-4-3-5-7(9)10/h3,5H,4,6H2,1-2H3/t9-/m1/s1. The Hall–Kier alpha value is -1.12. The van der Waals surface area contributed by atoms with E-state index < -0.39 is 11.4 Å². The maximum Gasteiger partial charge on any atom is 0.319 e. The van der Waals surface area contributed by atoms with Gasteiger partial charge in [0, 0.05) is 0 Å². The summed E-state index contributed by atoms with van der Waals surface area (Å²) in [6.45, 7) is 1.63. The van der Waals surface area contributed by atoms with Gasteiger partial charge in [-0.2, -0.15) is 0 Å². The number of ether oxygens (including phenoxy) is 1. The van der Waals surface area contributed by atoms with Crippen molar-refractivity contribution in [2.45, 2.75) is 19.8 Å². The lowest BCUT2D eigenvalue weighted by Crippen LogP contribution is -2.37. The highest BCUT2D eigenvalue weighted by molar-refractivity contribution is 6.09. The lowest BCUT2D eigenvalue weighted by Gasteiger charge is -2.25. The van der Waals surface area contributed by atoms with Crippen molar-refractivity contribution in [2.24, 2.45) is 5.41 Å². The normalized spacial score (nSPS) is 28.7. The van der Waals surface area contributed by atoms with Gasteiger partial charge in [0.25, 0.3) is 0 Å². The molecule has 0 unspecified atom stereocenters. The van der Waals surface area contributed by atoms with Crippen molar-refractivity contribution in [1.29, 1.82) is 0 Å². The summed E-state index contributed by atoms with van der Waals surface area (Å²) < 4.78 is 4.57. The van der Waals surface area contributed by atoms with E-state index in [-0.39, 0.29) is 5.78 Å². The lowest BCUT2D eigenvalue weighted by atomic mass is 9.78. The molecule has 0 saturated heterocycles. The first-order valence-corrected chi connectivity index (χ1v) is 3.90. The molecular weight excluding hydrogens is 156 g/mol. The van der Waals surface area contributed by atoms with Crippen LogP contribution in [0.5, 0.6) is 0 Å². The number of methoxy groups -OCH3 is 1. The second-order valence-corrected chi connectivity index (χ2v) is 3.13. The molecule has 12 heavy (non-hydrogen) atoms. The summed E-state index contributed by atoms with van der Waals surface area (Å²) >= 11 is 0. The number of hydrogen-bond donors (Lipinski definition) is 0. The largest absolute Gasteiger partial charge is 0.468 e. The fraction of sp³-hybridized carbons (Fsp3) is 0.556. The van der Waals surface area contributed by atoms with Crippen LogP contribution < -0.4 is 0 Å². The fourth-order valence-corrected chi connectivity index (χ4v) is 1.30. The van der Waals surface area contributed by atoms with Crippen molar-refractivity contribution < 1.29 is 14.3 Å². The number of esters is 1. The van der Waals surface area contributed by atoms with Crippen LogP contribution in [0.3, 0.4) is 0 Å². The van der Waals surface area contributed by atoms with E-state index in [4.69, 9.17) is 0 Å². The van der Waals surface area contributed by atoms with Crippen LogP contribution in [0, 0.1) is 5.41 Å². The van der Waals surface area contributed by atoms with Gasteiger partial charge in [-0.05, 0) is 25.8 Å². The van der Waals surface area contributed by atoms with Crippen molar-refractivity contribution in [3.63, 3.8) is 0 Å². The smallest absolute Gasteiger partial charge is 0.319 e. The Bertz CT molecular complexity index is 242. The molecule has 0 fully saturated rings. The summed E-state index contributed by atoms with van der Waals surface area (Å²) in [5, 5.41) is 0. The first kappa shape index (κ1) is 8.97. The Morgan fingerprint density at radius 1 is 1.67 bits per heavy atom. The number of allylic oxidation sites excluding steroid dienone is 2. The number of hydrogen-bond acceptors (Lipinski definition) is 3. The molecule has 3 nitrogen and oxygen atoms in total. The molecule has 0 aromatic carbocycles. The number of carbonyl (C=O) groups is 2. The third-order valence-corrected chi connectivity index (χ3v) is 2.26. The van der Waals surface area contributed by atoms with E-state index in [0.29, 0.717) is 6.42 Å². The van der Waals surface area contributed by atoms with Crippen LogP contribution in [0.4, 0.5) is 0 Å². The zero-order chi connectivity index (χ0) is 9.19. The van der Waals surface area contributed by atoms with E-state index >= 15 is 0 Å². The maximum atomic E-state index is 11.3. The van der Waals surface area contributed by atoms with Gasteiger partial charge in [-0.15, -0.1) is 0 Å². The van der Waals surface area contributed by atoms with Crippen molar-refractivity contribution in [3.8, 4) is 0 Å². The molecule has 1 rings (SSSR count). The van der Waals surface area contributed by atoms with Crippen LogP contribution in [0.15, 0.2) is 12.2 Å². The summed E-state index contributed by atoms with van der Waals surface area (Å²) in [6, 6.07) is 0. The highest BCUT2D eigenvalue weighted by Gasteiger charge is 2.41. The highest BCUT2D eigenvalue weighted by Crippen LogP contribution is 2.30. The molecule has 0 spiro atoms. The molecule has 0 saturated carbocycles.